The predicted molar refractivity (Wildman–Crippen MR) is 320 cm³/mol. The topological polar surface area (TPSA) is 154 Å². The van der Waals surface area contributed by atoms with E-state index in [0.717, 1.165) is 174 Å². The summed E-state index contributed by atoms with van der Waals surface area (Å²) in [6, 6.07) is 9.04. The molecule has 0 amide bonds. The smallest absolute Gasteiger partial charge is 0.228 e. The minimum absolute atomic E-state index is 0.224. The predicted octanol–water partition coefficient (Wildman–Crippen LogP) is 7.69. The van der Waals surface area contributed by atoms with Crippen LogP contribution in [-0.4, -0.2) is 191 Å². The number of rotatable bonds is 17. The number of hydrogen-bond donors (Lipinski definition) is 4. The van der Waals surface area contributed by atoms with Crippen molar-refractivity contribution in [3.8, 4) is 35.2 Å². The van der Waals surface area contributed by atoms with Crippen molar-refractivity contribution in [2.45, 2.75) is 166 Å². The Morgan fingerprint density at radius 3 is 1.32 bits per heavy atom. The van der Waals surface area contributed by atoms with E-state index in [9.17, 15) is 10.2 Å². The average molecular weight is 1090 g/mol. The zero-order valence-corrected chi connectivity index (χ0v) is 48.8. The molecule has 6 saturated heterocycles. The van der Waals surface area contributed by atoms with E-state index in [2.05, 4.69) is 116 Å². The van der Waals surface area contributed by atoms with Crippen molar-refractivity contribution in [3.63, 3.8) is 0 Å². The Balaban J connectivity index is 0.845. The number of aromatic nitrogens is 4. The van der Waals surface area contributed by atoms with Crippen LogP contribution in [0.3, 0.4) is 0 Å². The Morgan fingerprint density at radius 1 is 0.550 bits per heavy atom. The van der Waals surface area contributed by atoms with Gasteiger partial charge in [-0.05, 0) is 166 Å². The second kappa shape index (κ2) is 24.3. The third-order valence-corrected chi connectivity index (χ3v) is 19.6. The number of methoxy groups -OCH3 is 2. The first-order chi connectivity index (χ1) is 39.0. The molecule has 2 unspecified atom stereocenters. The molecule has 0 bridgehead atoms. The molecule has 4 N–H and O–H groups in total. The minimum atomic E-state index is -1.06. The van der Waals surface area contributed by atoms with Gasteiger partial charge in [0.1, 0.15) is 35.3 Å². The van der Waals surface area contributed by atoms with Crippen LogP contribution in [0, 0.1) is 47.4 Å². The first-order valence-electron chi connectivity index (χ1n) is 31.1. The van der Waals surface area contributed by atoms with Gasteiger partial charge in [0.15, 0.2) is 0 Å². The van der Waals surface area contributed by atoms with Crippen molar-refractivity contribution in [2.75, 3.05) is 113 Å². The van der Waals surface area contributed by atoms with Gasteiger partial charge in [-0.2, -0.15) is 9.97 Å². The number of aliphatic hydroxyl groups is 2. The maximum absolute atomic E-state index is 12.9. The van der Waals surface area contributed by atoms with Crippen LogP contribution in [0.15, 0.2) is 24.3 Å². The molecule has 16 heteroatoms. The van der Waals surface area contributed by atoms with Gasteiger partial charge in [0.2, 0.25) is 11.9 Å². The molecule has 2 saturated carbocycles. The summed E-state index contributed by atoms with van der Waals surface area (Å²) in [6.07, 6.45) is 13.2. The number of piperidine rings is 6. The summed E-state index contributed by atoms with van der Waals surface area (Å²) in [5, 5.41) is 35.4. The highest BCUT2D eigenvalue weighted by Crippen LogP contribution is 2.55. The van der Waals surface area contributed by atoms with Gasteiger partial charge in [-0.1, -0.05) is 36.5 Å². The normalized spacial score (nSPS) is 26.7. The van der Waals surface area contributed by atoms with E-state index in [0.29, 0.717) is 47.3 Å². The molecule has 4 aromatic rings. The standard InChI is InChI=1S/C64H90N12O4/c1-41(2)73-29-19-47(20-30-73)65-61-51-37-55(79-5)43(17-9-15-27-71-23-11-7-12-24-71)35-53(51)67-63(69-61)75-39-45-33-49(45)57(75)59(77)60(78)58-50-34-46(50)40-76(58)64-68-54-36-44(18-10-16-28-72-25-13-8-14-26-72)56(80-6)38-52(54)62(70-64)66-48-21-31-74(32-22-48)42(3)4/h35-38,41-42,45-50,57-60,77-78H,7-8,11-16,19-34,39-40H2,1-6H3,(H,65,67,69)(H,66,68,70)/t45-,46-,49-,50-,57+,58+,59?,60?/m0/s1. The van der Waals surface area contributed by atoms with Gasteiger partial charge in [-0.15, -0.1) is 0 Å². The molecule has 16 nitrogen and oxygen atoms in total. The highest BCUT2D eigenvalue weighted by Gasteiger charge is 2.62. The molecule has 2 aliphatic carbocycles. The van der Waals surface area contributed by atoms with Gasteiger partial charge in [-0.3, -0.25) is 0 Å². The SMILES string of the molecule is COc1cc2c(NC3CCN(C(C)C)CC3)nc(N3C[C@@H]4C[C@@H]4[C@@H]3C(O)C(O)[C@H]3[C@H]4C[C@H]4CN3c3nc(NC4CCN(C(C)C)CC4)c4cc(OC)c(C#CCCN5CCCCC5)cc4n3)nc2cc1C#CCCN1CCCCC1. The number of fused-ring (bicyclic) bond motifs is 4. The Morgan fingerprint density at radius 2 is 0.950 bits per heavy atom. The average Bonchev–Trinajstić information content (AvgIpc) is 4.49. The number of nitrogens with zero attached hydrogens (tertiary/aromatic N) is 10. The van der Waals surface area contributed by atoms with E-state index in [4.69, 9.17) is 29.4 Å². The summed E-state index contributed by atoms with van der Waals surface area (Å²) in [6.45, 7) is 21.2. The van der Waals surface area contributed by atoms with Gasteiger partial charge >= 0.3 is 0 Å². The molecule has 8 atom stereocenters. The quantitative estimate of drug-likeness (QED) is 0.0764. The van der Waals surface area contributed by atoms with Gasteiger partial charge in [0.25, 0.3) is 0 Å². The summed E-state index contributed by atoms with van der Waals surface area (Å²) in [7, 11) is 3.43. The summed E-state index contributed by atoms with van der Waals surface area (Å²) >= 11 is 0. The number of likely N-dealkylation sites (tertiary alicyclic amines) is 4. The lowest BCUT2D eigenvalue weighted by Crippen LogP contribution is -2.56. The molecule has 430 valence electrons. The van der Waals surface area contributed by atoms with Crippen LogP contribution < -0.4 is 29.9 Å². The number of benzene rings is 2. The first kappa shape index (κ1) is 55.3. The molecule has 8 aliphatic rings. The highest BCUT2D eigenvalue weighted by molar-refractivity contribution is 5.94. The molecule has 8 fully saturated rings. The number of aliphatic hydroxyl groups excluding tert-OH is 2. The Kier molecular flexibility index (Phi) is 16.8. The van der Waals surface area contributed by atoms with Crippen molar-refractivity contribution in [1.82, 2.24) is 39.5 Å². The molecule has 6 aliphatic heterocycles. The van der Waals surface area contributed by atoms with Gasteiger partial charge in [0.05, 0.1) is 48.5 Å². The summed E-state index contributed by atoms with van der Waals surface area (Å²) in [4.78, 5) is 36.1. The van der Waals surface area contributed by atoms with E-state index in [-0.39, 0.29) is 36.0 Å². The Labute approximate surface area is 476 Å². The lowest BCUT2D eigenvalue weighted by atomic mass is 9.93. The second-order valence-corrected chi connectivity index (χ2v) is 25.5. The minimum Gasteiger partial charge on any atom is -0.495 e. The zero-order chi connectivity index (χ0) is 55.0. The van der Waals surface area contributed by atoms with Crippen molar-refractivity contribution in [1.29, 1.82) is 0 Å². The number of ether oxygens (including phenoxy) is 2. The monoisotopic (exact) mass is 1090 g/mol. The molecular formula is C64H90N12O4. The third-order valence-electron chi connectivity index (χ3n) is 19.6. The molecule has 12 rings (SSSR count). The van der Waals surface area contributed by atoms with Crippen LogP contribution in [0.1, 0.15) is 129 Å². The van der Waals surface area contributed by atoms with Crippen molar-refractivity contribution in [2.24, 2.45) is 23.7 Å². The van der Waals surface area contributed by atoms with Crippen LogP contribution in [0.25, 0.3) is 21.8 Å². The lowest BCUT2D eigenvalue weighted by molar-refractivity contribution is -0.0160. The van der Waals surface area contributed by atoms with Crippen LogP contribution in [-0.2, 0) is 0 Å². The fourth-order valence-corrected chi connectivity index (χ4v) is 14.6. The maximum Gasteiger partial charge on any atom is 0.228 e. The van der Waals surface area contributed by atoms with Crippen molar-refractivity contribution < 1.29 is 19.7 Å². The first-order valence-corrected chi connectivity index (χ1v) is 31.1. The van der Waals surface area contributed by atoms with Crippen LogP contribution >= 0.6 is 0 Å². The fourth-order valence-electron chi connectivity index (χ4n) is 14.6. The van der Waals surface area contributed by atoms with E-state index in [1.165, 1.54) is 38.5 Å². The van der Waals surface area contributed by atoms with Gasteiger partial charge in [-0.25, -0.2) is 9.97 Å². The van der Waals surface area contributed by atoms with Gasteiger partial charge < -0.3 is 59.7 Å². The van der Waals surface area contributed by atoms with E-state index < -0.39 is 12.2 Å². The molecule has 2 aromatic carbocycles. The maximum atomic E-state index is 12.9. The lowest BCUT2D eigenvalue weighted by Gasteiger charge is -2.39. The van der Waals surface area contributed by atoms with Crippen LogP contribution in [0.5, 0.6) is 11.5 Å². The van der Waals surface area contributed by atoms with E-state index >= 15 is 0 Å². The van der Waals surface area contributed by atoms with Crippen LogP contribution in [0.4, 0.5) is 23.5 Å². The number of nitrogens with one attached hydrogen (secondary N) is 2. The molecule has 0 radical (unpaired) electrons. The second-order valence-electron chi connectivity index (χ2n) is 25.5. The molecule has 80 heavy (non-hydrogen) atoms. The van der Waals surface area contributed by atoms with Crippen LogP contribution in [0.2, 0.25) is 0 Å². The Bertz CT molecular complexity index is 2740. The zero-order valence-electron chi connectivity index (χ0n) is 48.8. The van der Waals surface area contributed by atoms with E-state index in [1.807, 2.05) is 0 Å². The third kappa shape index (κ3) is 12.0. The van der Waals surface area contributed by atoms with Crippen molar-refractivity contribution in [3.05, 3.63) is 35.4 Å². The molecule has 2 aromatic heterocycles. The van der Waals surface area contributed by atoms with E-state index in [1.54, 1.807) is 14.2 Å². The summed E-state index contributed by atoms with van der Waals surface area (Å²) < 4.78 is 12.1. The Hall–Kier alpha value is -5.20. The largest absolute Gasteiger partial charge is 0.495 e. The fraction of sp³-hybridized carbons (Fsp3) is 0.688. The molecule has 8 heterocycles. The summed E-state index contributed by atoms with van der Waals surface area (Å²) in [5.74, 6) is 19.3. The molecular weight excluding hydrogens is 1000 g/mol. The molecule has 0 spiro atoms. The summed E-state index contributed by atoms with van der Waals surface area (Å²) in [5.41, 5.74) is 3.22. The van der Waals surface area contributed by atoms with Crippen molar-refractivity contribution >= 4 is 45.3 Å². The number of hydrogen-bond acceptors (Lipinski definition) is 16. The van der Waals surface area contributed by atoms with Gasteiger partial charge in [0, 0.05) is 100 Å². The highest BCUT2D eigenvalue weighted by atomic mass is 16.5. The number of anilines is 4.